The Balaban J connectivity index is 1.63. The number of phenols is 1. The molecule has 0 spiro atoms. The molecule has 0 aliphatic heterocycles. The number of nitrogens with one attached hydrogen (secondary N) is 2. The number of carbonyl (C=O) groups excluding carboxylic acids is 1. The number of carbonyl (C=O) groups is 1. The molecule has 0 bridgehead atoms. The maximum atomic E-state index is 12.2. The lowest BCUT2D eigenvalue weighted by atomic mass is 10.1. The average Bonchev–Trinajstić information content (AvgIpc) is 3.40. The monoisotopic (exact) mass is 396 g/mol. The van der Waals surface area contributed by atoms with Crippen LogP contribution in [0.25, 0.3) is 0 Å². The van der Waals surface area contributed by atoms with E-state index in [-0.39, 0.29) is 46.2 Å². The van der Waals surface area contributed by atoms with Gasteiger partial charge in [-0.2, -0.15) is 0 Å². The maximum absolute atomic E-state index is 12.2. The number of hydrogen-bond donors (Lipinski definition) is 3. The molecule has 3 aromatic rings. The van der Waals surface area contributed by atoms with E-state index in [0.717, 1.165) is 12.8 Å². The first-order chi connectivity index (χ1) is 13.9. The number of anilines is 3. The largest absolute Gasteiger partial charge is 0.505 e. The highest BCUT2D eigenvalue weighted by atomic mass is 16.5. The highest BCUT2D eigenvalue weighted by molar-refractivity contribution is 5.99. The molecule has 1 saturated carbocycles. The fraction of sp³-hybridized carbons (Fsp3) is 0.300. The first-order valence-electron chi connectivity index (χ1n) is 9.19. The van der Waals surface area contributed by atoms with Gasteiger partial charge in [0.1, 0.15) is 11.4 Å². The van der Waals surface area contributed by atoms with Crippen molar-refractivity contribution in [3.63, 3.8) is 0 Å². The van der Waals surface area contributed by atoms with Gasteiger partial charge in [0.05, 0.1) is 23.5 Å². The first kappa shape index (κ1) is 18.7. The number of phenolic OH excluding ortho intramolecular Hbond substituents is 1. The Labute approximate surface area is 165 Å². The van der Waals surface area contributed by atoms with E-state index >= 15 is 0 Å². The second-order valence-electron chi connectivity index (χ2n) is 7.31. The summed E-state index contributed by atoms with van der Waals surface area (Å²) in [6.45, 7) is 0. The third kappa shape index (κ3) is 3.35. The van der Waals surface area contributed by atoms with Gasteiger partial charge in [0.15, 0.2) is 11.5 Å². The third-order valence-corrected chi connectivity index (χ3v) is 5.00. The zero-order chi connectivity index (χ0) is 20.7. The van der Waals surface area contributed by atoms with Gasteiger partial charge in [-0.3, -0.25) is 14.4 Å². The Morgan fingerprint density at radius 2 is 1.93 bits per heavy atom. The van der Waals surface area contributed by atoms with E-state index in [2.05, 4.69) is 15.8 Å². The molecule has 0 saturated heterocycles. The molecule has 1 aliphatic carbocycles. The molecule has 29 heavy (non-hydrogen) atoms. The number of benzene rings is 1. The van der Waals surface area contributed by atoms with Gasteiger partial charge in [0, 0.05) is 20.2 Å². The summed E-state index contributed by atoms with van der Waals surface area (Å²) in [7, 11) is 3.14. The van der Waals surface area contributed by atoms with Crippen LogP contribution in [0, 0.1) is 5.92 Å². The highest BCUT2D eigenvalue weighted by Gasteiger charge is 2.37. The molecule has 1 aromatic heterocycles. The van der Waals surface area contributed by atoms with Crippen LogP contribution in [0.5, 0.6) is 5.75 Å². The van der Waals surface area contributed by atoms with E-state index in [0.29, 0.717) is 5.76 Å². The van der Waals surface area contributed by atoms with Gasteiger partial charge < -0.3 is 25.2 Å². The summed E-state index contributed by atoms with van der Waals surface area (Å²) in [5.74, 6) is 0.204. The summed E-state index contributed by atoms with van der Waals surface area (Å²) >= 11 is 0. The van der Waals surface area contributed by atoms with Crippen LogP contribution in [-0.4, -0.2) is 35.2 Å². The molecular formula is C20H20N4O5. The molecule has 0 unspecified atom stereocenters. The van der Waals surface area contributed by atoms with Crippen LogP contribution in [-0.2, 0) is 0 Å². The SMILES string of the molecule is CN(C)C(=O)c1cccc(Nc2c(N[C@@H](c3ccno3)C3CC3)c(=O)c2=O)c1O. The van der Waals surface area contributed by atoms with Gasteiger partial charge in [0.2, 0.25) is 0 Å². The number of nitrogens with zero attached hydrogens (tertiary/aromatic N) is 2. The van der Waals surface area contributed by atoms with E-state index in [1.54, 1.807) is 26.2 Å². The predicted molar refractivity (Wildman–Crippen MR) is 106 cm³/mol. The van der Waals surface area contributed by atoms with E-state index in [1.807, 2.05) is 0 Å². The summed E-state index contributed by atoms with van der Waals surface area (Å²) in [4.78, 5) is 37.9. The minimum absolute atomic E-state index is 0.0462. The van der Waals surface area contributed by atoms with Gasteiger partial charge in [-0.15, -0.1) is 0 Å². The van der Waals surface area contributed by atoms with Crippen molar-refractivity contribution >= 4 is 23.0 Å². The molecule has 1 atom stereocenters. The second-order valence-corrected chi connectivity index (χ2v) is 7.31. The standard InChI is InChI=1S/C20H20N4O5/c1-24(2)20(28)11-4-3-5-12(17(11)25)22-15-16(19(27)18(15)26)23-14(10-6-7-10)13-8-9-21-29-13/h3-5,8-10,14,22-23,25H,6-7H2,1-2H3/t14-/m1/s1. The molecule has 4 rings (SSSR count). The first-order valence-corrected chi connectivity index (χ1v) is 9.19. The minimum Gasteiger partial charge on any atom is -0.505 e. The van der Waals surface area contributed by atoms with Gasteiger partial charge in [-0.25, -0.2) is 0 Å². The van der Waals surface area contributed by atoms with Gasteiger partial charge in [0.25, 0.3) is 16.8 Å². The molecule has 0 radical (unpaired) electrons. The second kappa shape index (κ2) is 7.08. The van der Waals surface area contributed by atoms with E-state index in [1.165, 1.54) is 23.2 Å². The Morgan fingerprint density at radius 3 is 2.55 bits per heavy atom. The van der Waals surface area contributed by atoms with Crippen molar-refractivity contribution in [3.05, 3.63) is 62.2 Å². The Kier molecular flexibility index (Phi) is 4.57. The lowest BCUT2D eigenvalue weighted by Crippen LogP contribution is -2.37. The van der Waals surface area contributed by atoms with Gasteiger partial charge in [-0.05, 0) is 30.9 Å². The third-order valence-electron chi connectivity index (χ3n) is 5.00. The fourth-order valence-corrected chi connectivity index (χ4v) is 3.23. The van der Waals surface area contributed by atoms with Crippen molar-refractivity contribution in [1.82, 2.24) is 10.1 Å². The van der Waals surface area contributed by atoms with E-state index in [9.17, 15) is 19.5 Å². The minimum atomic E-state index is -0.691. The Bertz CT molecular complexity index is 1120. The molecule has 1 heterocycles. The van der Waals surface area contributed by atoms with E-state index in [4.69, 9.17) is 4.52 Å². The zero-order valence-electron chi connectivity index (χ0n) is 15.9. The van der Waals surface area contributed by atoms with Crippen LogP contribution < -0.4 is 21.5 Å². The molecule has 2 aromatic carbocycles. The lowest BCUT2D eigenvalue weighted by molar-refractivity contribution is 0.0824. The van der Waals surface area contributed by atoms with Crippen molar-refractivity contribution in [3.8, 4) is 5.75 Å². The number of aromatic nitrogens is 1. The summed E-state index contributed by atoms with van der Waals surface area (Å²) in [6.07, 6.45) is 3.48. The molecule has 1 aliphatic rings. The molecular weight excluding hydrogens is 376 g/mol. The fourth-order valence-electron chi connectivity index (χ4n) is 3.23. The molecule has 1 fully saturated rings. The van der Waals surface area contributed by atoms with Crippen LogP contribution in [0.2, 0.25) is 0 Å². The van der Waals surface area contributed by atoms with Crippen LogP contribution in [0.1, 0.15) is 35.0 Å². The topological polar surface area (TPSA) is 125 Å². The van der Waals surface area contributed by atoms with Gasteiger partial charge in [-0.1, -0.05) is 11.2 Å². The summed E-state index contributed by atoms with van der Waals surface area (Å²) in [6, 6.07) is 6.04. The number of amides is 1. The summed E-state index contributed by atoms with van der Waals surface area (Å²) < 4.78 is 5.23. The number of hydrogen-bond acceptors (Lipinski definition) is 8. The number of rotatable bonds is 7. The predicted octanol–water partition coefficient (Wildman–Crippen LogP) is 1.98. The molecule has 150 valence electrons. The molecule has 9 nitrogen and oxygen atoms in total. The average molecular weight is 396 g/mol. The normalized spacial score (nSPS) is 14.6. The Morgan fingerprint density at radius 1 is 1.21 bits per heavy atom. The van der Waals surface area contributed by atoms with Crippen LogP contribution in [0.3, 0.4) is 0 Å². The molecule has 3 N–H and O–H groups in total. The maximum Gasteiger partial charge on any atom is 0.257 e. The van der Waals surface area contributed by atoms with E-state index < -0.39 is 10.9 Å². The summed E-state index contributed by atoms with van der Waals surface area (Å²) in [5.41, 5.74) is -0.904. The van der Waals surface area contributed by atoms with Crippen LogP contribution in [0.4, 0.5) is 17.1 Å². The molecule has 9 heteroatoms. The Hall–Kier alpha value is -3.62. The zero-order valence-corrected chi connectivity index (χ0v) is 15.9. The van der Waals surface area contributed by atoms with Crippen LogP contribution in [0.15, 0.2) is 44.6 Å². The number of para-hydroxylation sites is 1. The van der Waals surface area contributed by atoms with Crippen LogP contribution >= 0.6 is 0 Å². The molecule has 1 amide bonds. The number of aromatic hydroxyl groups is 1. The van der Waals surface area contributed by atoms with Crippen molar-refractivity contribution in [1.29, 1.82) is 0 Å². The summed E-state index contributed by atoms with van der Waals surface area (Å²) in [5, 5.41) is 20.1. The van der Waals surface area contributed by atoms with Gasteiger partial charge >= 0.3 is 0 Å². The smallest absolute Gasteiger partial charge is 0.257 e. The van der Waals surface area contributed by atoms with Crippen molar-refractivity contribution in [2.45, 2.75) is 18.9 Å². The lowest BCUT2D eigenvalue weighted by Gasteiger charge is -2.21. The van der Waals surface area contributed by atoms with Crippen molar-refractivity contribution < 1.29 is 14.4 Å². The van der Waals surface area contributed by atoms with Crippen molar-refractivity contribution in [2.24, 2.45) is 5.92 Å². The van der Waals surface area contributed by atoms with Crippen molar-refractivity contribution in [2.75, 3.05) is 24.7 Å². The quantitative estimate of drug-likeness (QED) is 0.409. The highest BCUT2D eigenvalue weighted by Crippen LogP contribution is 2.43.